The van der Waals surface area contributed by atoms with Crippen molar-refractivity contribution in [1.29, 1.82) is 0 Å². The van der Waals surface area contributed by atoms with Gasteiger partial charge < -0.3 is 4.74 Å². The third-order valence-electron chi connectivity index (χ3n) is 3.78. The van der Waals surface area contributed by atoms with Gasteiger partial charge in [0.2, 0.25) is 0 Å². The van der Waals surface area contributed by atoms with Crippen molar-refractivity contribution in [2.24, 2.45) is 0 Å². The second kappa shape index (κ2) is 6.97. The van der Waals surface area contributed by atoms with Gasteiger partial charge in [0.1, 0.15) is 12.4 Å². The van der Waals surface area contributed by atoms with Crippen LogP contribution in [0, 0.1) is 12.7 Å². The molecule has 2 aromatic carbocycles. The molecule has 3 nitrogen and oxygen atoms in total. The summed E-state index contributed by atoms with van der Waals surface area (Å²) in [5, 5.41) is 1.48. The maximum absolute atomic E-state index is 12.9. The topological polar surface area (TPSA) is 39.2 Å². The number of pyridine rings is 1. The minimum atomic E-state index is -0.412. The first-order chi connectivity index (χ1) is 11.5. The number of carbonyl (C=O) groups excluding carboxylic acids is 1. The Balaban J connectivity index is 1.72. The number of ether oxygens (including phenoxy) is 1. The van der Waals surface area contributed by atoms with E-state index in [2.05, 4.69) is 4.98 Å². The number of carbonyl (C=O) groups is 1. The van der Waals surface area contributed by atoms with Crippen LogP contribution < -0.4 is 0 Å². The lowest BCUT2D eigenvalue weighted by molar-refractivity contribution is -0.144. The lowest BCUT2D eigenvalue weighted by Crippen LogP contribution is -2.09. The van der Waals surface area contributed by atoms with E-state index in [0.29, 0.717) is 16.3 Å². The van der Waals surface area contributed by atoms with Gasteiger partial charge in [0.05, 0.1) is 22.7 Å². The largest absolute Gasteiger partial charge is 0.459 e. The Labute approximate surface area is 144 Å². The Morgan fingerprint density at radius 3 is 2.62 bits per heavy atom. The van der Waals surface area contributed by atoms with Gasteiger partial charge in [-0.15, -0.1) is 0 Å². The summed E-state index contributed by atoms with van der Waals surface area (Å²) in [6, 6.07) is 13.4. The van der Waals surface area contributed by atoms with Gasteiger partial charge in [-0.05, 0) is 36.2 Å². The molecule has 0 spiro atoms. The van der Waals surface area contributed by atoms with Crippen LogP contribution in [0.25, 0.3) is 10.9 Å². The summed E-state index contributed by atoms with van der Waals surface area (Å²) in [5.41, 5.74) is 2.94. The Kier molecular flexibility index (Phi) is 4.76. The minimum Gasteiger partial charge on any atom is -0.459 e. The van der Waals surface area contributed by atoms with E-state index in [1.807, 2.05) is 31.2 Å². The summed E-state index contributed by atoms with van der Waals surface area (Å²) in [4.78, 5) is 16.4. The van der Waals surface area contributed by atoms with E-state index in [1.54, 1.807) is 12.1 Å². The van der Waals surface area contributed by atoms with Crippen LogP contribution in [0.15, 0.2) is 48.5 Å². The fourth-order valence-electron chi connectivity index (χ4n) is 2.48. The predicted molar refractivity (Wildman–Crippen MR) is 91.4 cm³/mol. The molecule has 0 saturated carbocycles. The van der Waals surface area contributed by atoms with Crippen LogP contribution in [-0.2, 0) is 22.6 Å². The standard InChI is InChI=1S/C19H15ClFNO2/c1-12-15-4-2-3-5-16(15)22-17(19(12)20)11-24-18(23)10-13-6-8-14(21)9-7-13/h2-9H,10-11H2,1H3. The molecule has 24 heavy (non-hydrogen) atoms. The van der Waals surface area contributed by atoms with Crippen molar-refractivity contribution in [2.75, 3.05) is 0 Å². The first kappa shape index (κ1) is 16.4. The predicted octanol–water partition coefficient (Wildman–Crippen LogP) is 4.62. The molecule has 0 aliphatic heterocycles. The van der Waals surface area contributed by atoms with E-state index in [0.717, 1.165) is 16.5 Å². The lowest BCUT2D eigenvalue weighted by Gasteiger charge is -2.10. The van der Waals surface area contributed by atoms with Crippen LogP contribution in [0.3, 0.4) is 0 Å². The van der Waals surface area contributed by atoms with E-state index >= 15 is 0 Å². The number of aryl methyl sites for hydroxylation is 1. The van der Waals surface area contributed by atoms with Gasteiger partial charge in [-0.25, -0.2) is 9.37 Å². The summed E-state index contributed by atoms with van der Waals surface area (Å²) in [6.45, 7) is 1.92. The summed E-state index contributed by atoms with van der Waals surface area (Å²) < 4.78 is 18.1. The van der Waals surface area contributed by atoms with Crippen molar-refractivity contribution in [3.05, 3.63) is 76.2 Å². The van der Waals surface area contributed by atoms with Crippen LogP contribution in [0.4, 0.5) is 4.39 Å². The number of rotatable bonds is 4. The minimum absolute atomic E-state index is 0.00450. The third-order valence-corrected chi connectivity index (χ3v) is 4.28. The number of hydrogen-bond donors (Lipinski definition) is 0. The number of hydrogen-bond acceptors (Lipinski definition) is 3. The Morgan fingerprint density at radius 2 is 1.88 bits per heavy atom. The van der Waals surface area contributed by atoms with E-state index in [9.17, 15) is 9.18 Å². The number of esters is 1. The molecule has 0 bridgehead atoms. The first-order valence-corrected chi connectivity index (χ1v) is 7.86. The summed E-state index contributed by atoms with van der Waals surface area (Å²) >= 11 is 6.34. The zero-order valence-corrected chi connectivity index (χ0v) is 13.8. The maximum atomic E-state index is 12.9. The van der Waals surface area contributed by atoms with Crippen LogP contribution in [-0.4, -0.2) is 11.0 Å². The number of fused-ring (bicyclic) bond motifs is 1. The molecule has 0 fully saturated rings. The molecule has 1 heterocycles. The van der Waals surface area contributed by atoms with Crippen LogP contribution in [0.5, 0.6) is 0 Å². The fraction of sp³-hybridized carbons (Fsp3) is 0.158. The number of aromatic nitrogens is 1. The molecule has 0 radical (unpaired) electrons. The summed E-state index contributed by atoms with van der Waals surface area (Å²) in [5.74, 6) is -0.750. The molecule has 1 aromatic heterocycles. The van der Waals surface area contributed by atoms with Crippen LogP contribution >= 0.6 is 11.6 Å². The Morgan fingerprint density at radius 1 is 1.17 bits per heavy atom. The molecule has 3 rings (SSSR count). The molecule has 3 aromatic rings. The number of benzene rings is 2. The smallest absolute Gasteiger partial charge is 0.310 e. The molecule has 0 N–H and O–H groups in total. The average molecular weight is 344 g/mol. The SMILES string of the molecule is Cc1c(Cl)c(COC(=O)Cc2ccc(F)cc2)nc2ccccc12. The van der Waals surface area contributed by atoms with Crippen molar-refractivity contribution >= 4 is 28.5 Å². The number of nitrogens with zero attached hydrogens (tertiary/aromatic N) is 1. The molecular weight excluding hydrogens is 329 g/mol. The maximum Gasteiger partial charge on any atom is 0.310 e. The monoisotopic (exact) mass is 343 g/mol. The van der Waals surface area contributed by atoms with Crippen LogP contribution in [0.1, 0.15) is 16.8 Å². The van der Waals surface area contributed by atoms with Gasteiger partial charge in [0, 0.05) is 5.39 Å². The van der Waals surface area contributed by atoms with Crippen molar-refractivity contribution in [1.82, 2.24) is 4.98 Å². The van der Waals surface area contributed by atoms with Gasteiger partial charge in [-0.3, -0.25) is 4.79 Å². The van der Waals surface area contributed by atoms with Gasteiger partial charge in [-0.1, -0.05) is 41.9 Å². The van der Waals surface area contributed by atoms with Crippen molar-refractivity contribution in [3.63, 3.8) is 0 Å². The highest BCUT2D eigenvalue weighted by atomic mass is 35.5. The molecule has 0 aliphatic carbocycles. The molecule has 0 amide bonds. The van der Waals surface area contributed by atoms with E-state index in [-0.39, 0.29) is 18.8 Å². The third kappa shape index (κ3) is 3.54. The molecule has 0 atom stereocenters. The summed E-state index contributed by atoms with van der Waals surface area (Å²) in [6.07, 6.45) is 0.0739. The van der Waals surface area contributed by atoms with E-state index in [4.69, 9.17) is 16.3 Å². The highest BCUT2D eigenvalue weighted by Crippen LogP contribution is 2.27. The van der Waals surface area contributed by atoms with E-state index in [1.165, 1.54) is 12.1 Å². The van der Waals surface area contributed by atoms with Crippen molar-refractivity contribution in [2.45, 2.75) is 20.0 Å². The average Bonchev–Trinajstić information content (AvgIpc) is 2.59. The summed E-state index contributed by atoms with van der Waals surface area (Å²) in [7, 11) is 0. The lowest BCUT2D eigenvalue weighted by atomic mass is 10.1. The van der Waals surface area contributed by atoms with Crippen molar-refractivity contribution < 1.29 is 13.9 Å². The molecule has 0 saturated heterocycles. The number of para-hydroxylation sites is 1. The molecule has 0 aliphatic rings. The highest BCUT2D eigenvalue weighted by molar-refractivity contribution is 6.32. The normalized spacial score (nSPS) is 10.8. The second-order valence-corrected chi connectivity index (χ2v) is 5.86. The molecule has 0 unspecified atom stereocenters. The van der Waals surface area contributed by atoms with Crippen molar-refractivity contribution in [3.8, 4) is 0 Å². The zero-order chi connectivity index (χ0) is 17.1. The highest BCUT2D eigenvalue weighted by Gasteiger charge is 2.12. The van der Waals surface area contributed by atoms with E-state index < -0.39 is 5.97 Å². The first-order valence-electron chi connectivity index (χ1n) is 7.48. The van der Waals surface area contributed by atoms with Gasteiger partial charge in [0.25, 0.3) is 0 Å². The quantitative estimate of drug-likeness (QED) is 0.649. The molecular formula is C19H15ClFNO2. The Hall–Kier alpha value is -2.46. The van der Waals surface area contributed by atoms with Gasteiger partial charge >= 0.3 is 5.97 Å². The number of halogens is 2. The zero-order valence-electron chi connectivity index (χ0n) is 13.1. The second-order valence-electron chi connectivity index (χ2n) is 5.48. The van der Waals surface area contributed by atoms with Gasteiger partial charge in [-0.2, -0.15) is 0 Å². The Bertz CT molecular complexity index is 894. The molecule has 5 heteroatoms. The van der Waals surface area contributed by atoms with Gasteiger partial charge in [0.15, 0.2) is 0 Å². The molecule has 122 valence electrons. The van der Waals surface area contributed by atoms with Crippen LogP contribution in [0.2, 0.25) is 5.02 Å². The fourth-order valence-corrected chi connectivity index (χ4v) is 2.68.